The Kier molecular flexibility index (Phi) is 8.39. The molecule has 0 saturated heterocycles. The van der Waals surface area contributed by atoms with Crippen LogP contribution in [0.2, 0.25) is 0 Å². The summed E-state index contributed by atoms with van der Waals surface area (Å²) in [5.41, 5.74) is 18.5. The number of aromatic nitrogens is 1. The first-order chi connectivity index (χ1) is 29.4. The fourth-order valence-corrected chi connectivity index (χ4v) is 9.97. The lowest BCUT2D eigenvalue weighted by Crippen LogP contribution is -2.42. The molecule has 1 heterocycles. The highest BCUT2D eigenvalue weighted by atomic mass is 15.2. The minimum absolute atomic E-state index is 0.0360. The third-order valence-corrected chi connectivity index (χ3v) is 13.2. The van der Waals surface area contributed by atoms with Crippen LogP contribution in [-0.4, -0.2) is 10.1 Å². The number of hydrogen-bond acceptors (Lipinski definition) is 1. The van der Waals surface area contributed by atoms with Crippen molar-refractivity contribution < 1.29 is 0 Å². The summed E-state index contributed by atoms with van der Waals surface area (Å²) in [5, 5.41) is 2.52. The standard InChI is InChI=1S/C58H46N2/c1-57(2)53-20-12-10-18-49(53)50-32-26-45(39-54(50)57)42-24-30-48(31-25-42)60(58(3)36-34-43(35-37-58)40-14-6-4-7-15-40)47-28-22-41(23-29-47)44-27-33-56-52(38-44)51-19-11-13-21-55(51)59(56)46-16-8-5-9-17-46/h4-36,38-39H,37H2,1-3H3. The van der Waals surface area contributed by atoms with Gasteiger partial charge in [0.25, 0.3) is 0 Å². The van der Waals surface area contributed by atoms with Crippen molar-refractivity contribution in [2.45, 2.75) is 38.1 Å². The summed E-state index contributed by atoms with van der Waals surface area (Å²) in [7, 11) is 0. The number of hydrogen-bond donors (Lipinski definition) is 0. The van der Waals surface area contributed by atoms with Crippen LogP contribution >= 0.6 is 0 Å². The van der Waals surface area contributed by atoms with Gasteiger partial charge in [0.1, 0.15) is 0 Å². The van der Waals surface area contributed by atoms with Gasteiger partial charge < -0.3 is 9.47 Å². The molecule has 0 bridgehead atoms. The van der Waals surface area contributed by atoms with Crippen molar-refractivity contribution in [3.8, 4) is 39.1 Å². The van der Waals surface area contributed by atoms with Crippen molar-refractivity contribution in [3.63, 3.8) is 0 Å². The second kappa shape index (κ2) is 14.0. The zero-order valence-corrected chi connectivity index (χ0v) is 34.3. The van der Waals surface area contributed by atoms with Crippen LogP contribution in [0.15, 0.2) is 212 Å². The third kappa shape index (κ3) is 5.86. The van der Waals surface area contributed by atoms with E-state index in [1.54, 1.807) is 0 Å². The average Bonchev–Trinajstić information content (AvgIpc) is 3.75. The van der Waals surface area contributed by atoms with Crippen molar-refractivity contribution in [3.05, 3.63) is 229 Å². The van der Waals surface area contributed by atoms with Gasteiger partial charge in [-0.1, -0.05) is 166 Å². The van der Waals surface area contributed by atoms with Crippen LogP contribution in [0.25, 0.3) is 66.4 Å². The summed E-state index contributed by atoms with van der Waals surface area (Å²) in [6.07, 6.45) is 7.98. The lowest BCUT2D eigenvalue weighted by molar-refractivity contribution is 0.571. The first-order valence-corrected chi connectivity index (χ1v) is 21.1. The molecule has 0 N–H and O–H groups in total. The van der Waals surface area contributed by atoms with Crippen molar-refractivity contribution in [2.24, 2.45) is 0 Å². The molecular formula is C58H46N2. The lowest BCUT2D eigenvalue weighted by atomic mass is 9.81. The topological polar surface area (TPSA) is 8.17 Å². The molecule has 9 aromatic rings. The van der Waals surface area contributed by atoms with Crippen molar-refractivity contribution in [1.82, 2.24) is 4.57 Å². The first kappa shape index (κ1) is 36.0. The quantitative estimate of drug-likeness (QED) is 0.157. The van der Waals surface area contributed by atoms with Gasteiger partial charge in [-0.3, -0.25) is 0 Å². The summed E-state index contributed by atoms with van der Waals surface area (Å²) >= 11 is 0. The van der Waals surface area contributed by atoms with Gasteiger partial charge in [0.15, 0.2) is 0 Å². The summed E-state index contributed by atoms with van der Waals surface area (Å²) in [6.45, 7) is 7.07. The fourth-order valence-electron chi connectivity index (χ4n) is 9.97. The van der Waals surface area contributed by atoms with Gasteiger partial charge in [0.05, 0.1) is 16.6 Å². The maximum atomic E-state index is 2.52. The molecule has 0 spiro atoms. The van der Waals surface area contributed by atoms with Crippen LogP contribution in [0, 0.1) is 0 Å². The minimum Gasteiger partial charge on any atom is -0.332 e. The molecule has 2 aliphatic rings. The second-order valence-corrected chi connectivity index (χ2v) is 17.2. The molecule has 2 aliphatic carbocycles. The van der Waals surface area contributed by atoms with E-state index in [0.29, 0.717) is 0 Å². The number of nitrogens with zero attached hydrogens (tertiary/aromatic N) is 2. The van der Waals surface area contributed by atoms with Crippen LogP contribution in [0.4, 0.5) is 11.4 Å². The summed E-state index contributed by atoms with van der Waals surface area (Å²) < 4.78 is 2.38. The van der Waals surface area contributed by atoms with E-state index in [-0.39, 0.29) is 11.0 Å². The van der Waals surface area contributed by atoms with Crippen LogP contribution in [0.5, 0.6) is 0 Å². The van der Waals surface area contributed by atoms with E-state index in [0.717, 1.165) is 12.1 Å². The van der Waals surface area contributed by atoms with Gasteiger partial charge in [0, 0.05) is 33.2 Å². The Hall–Kier alpha value is -7.16. The number of rotatable bonds is 7. The molecular weight excluding hydrogens is 725 g/mol. The number of fused-ring (bicyclic) bond motifs is 6. The number of benzene rings is 8. The Morgan fingerprint density at radius 2 is 1.02 bits per heavy atom. The predicted octanol–water partition coefficient (Wildman–Crippen LogP) is 15.4. The molecule has 1 atom stereocenters. The van der Waals surface area contributed by atoms with Gasteiger partial charge >= 0.3 is 0 Å². The maximum Gasteiger partial charge on any atom is 0.0643 e. The van der Waals surface area contributed by atoms with E-state index in [2.05, 4.69) is 243 Å². The summed E-state index contributed by atoms with van der Waals surface area (Å²) in [6, 6.07) is 71.3. The summed E-state index contributed by atoms with van der Waals surface area (Å²) in [5.74, 6) is 0. The maximum absolute atomic E-state index is 2.52. The Morgan fingerprint density at radius 1 is 0.450 bits per heavy atom. The Labute approximate surface area is 353 Å². The molecule has 11 rings (SSSR count). The highest BCUT2D eigenvalue weighted by molar-refractivity contribution is 6.10. The van der Waals surface area contributed by atoms with E-state index in [4.69, 9.17) is 0 Å². The molecule has 0 aliphatic heterocycles. The van der Waals surface area contributed by atoms with Crippen molar-refractivity contribution in [2.75, 3.05) is 4.90 Å². The van der Waals surface area contributed by atoms with Gasteiger partial charge in [-0.2, -0.15) is 0 Å². The lowest BCUT2D eigenvalue weighted by Gasteiger charge is -2.42. The van der Waals surface area contributed by atoms with Crippen LogP contribution in [-0.2, 0) is 5.41 Å². The van der Waals surface area contributed by atoms with Crippen LogP contribution in [0.1, 0.15) is 43.9 Å². The van der Waals surface area contributed by atoms with Gasteiger partial charge in [-0.15, -0.1) is 0 Å². The van der Waals surface area contributed by atoms with Gasteiger partial charge in [-0.05, 0) is 130 Å². The average molecular weight is 771 g/mol. The first-order valence-electron chi connectivity index (χ1n) is 21.1. The molecule has 0 fully saturated rings. The smallest absolute Gasteiger partial charge is 0.0643 e. The molecule has 0 saturated carbocycles. The Bertz CT molecular complexity index is 3130. The molecule has 8 aromatic carbocycles. The molecule has 0 amide bonds. The van der Waals surface area contributed by atoms with Gasteiger partial charge in [0.2, 0.25) is 0 Å². The predicted molar refractivity (Wildman–Crippen MR) is 254 cm³/mol. The monoisotopic (exact) mass is 770 g/mol. The highest BCUT2D eigenvalue weighted by Gasteiger charge is 2.36. The highest BCUT2D eigenvalue weighted by Crippen LogP contribution is 2.50. The van der Waals surface area contributed by atoms with E-state index in [1.807, 2.05) is 0 Å². The number of para-hydroxylation sites is 2. The molecule has 288 valence electrons. The van der Waals surface area contributed by atoms with Gasteiger partial charge in [-0.25, -0.2) is 0 Å². The molecule has 2 heteroatoms. The van der Waals surface area contributed by atoms with E-state index in [1.165, 1.54) is 88.8 Å². The number of anilines is 2. The third-order valence-electron chi connectivity index (χ3n) is 13.2. The largest absolute Gasteiger partial charge is 0.332 e. The Balaban J connectivity index is 0.959. The minimum atomic E-state index is -0.289. The number of allylic oxidation sites excluding steroid dienone is 2. The fraction of sp³-hybridized carbons (Fsp3) is 0.103. The Morgan fingerprint density at radius 3 is 1.72 bits per heavy atom. The molecule has 0 radical (unpaired) electrons. The SMILES string of the molecule is CC1(C)c2ccccc2-c2ccc(-c3ccc(N(c4ccc(-c5ccc6c(c5)c5ccccc5n6-c5ccccc5)cc4)C4(C)C=CC(c5ccccc5)=CC4)cc3)cc21. The van der Waals surface area contributed by atoms with E-state index < -0.39 is 0 Å². The summed E-state index contributed by atoms with van der Waals surface area (Å²) in [4.78, 5) is 2.52. The van der Waals surface area contributed by atoms with E-state index >= 15 is 0 Å². The normalized spacial score (nSPS) is 16.4. The molecule has 1 unspecified atom stereocenters. The molecule has 1 aromatic heterocycles. The molecule has 60 heavy (non-hydrogen) atoms. The van der Waals surface area contributed by atoms with Crippen LogP contribution < -0.4 is 4.90 Å². The van der Waals surface area contributed by atoms with Crippen LogP contribution in [0.3, 0.4) is 0 Å². The zero-order chi connectivity index (χ0) is 40.4. The van der Waals surface area contributed by atoms with Crippen molar-refractivity contribution in [1.29, 1.82) is 0 Å². The zero-order valence-electron chi connectivity index (χ0n) is 34.3. The molecule has 2 nitrogen and oxygen atoms in total. The second-order valence-electron chi connectivity index (χ2n) is 17.2. The van der Waals surface area contributed by atoms with E-state index in [9.17, 15) is 0 Å². The van der Waals surface area contributed by atoms with Crippen molar-refractivity contribution >= 4 is 38.8 Å².